The van der Waals surface area contributed by atoms with Gasteiger partial charge in [0.05, 0.1) is 22.1 Å². The van der Waals surface area contributed by atoms with E-state index in [1.165, 1.54) is 11.1 Å². The van der Waals surface area contributed by atoms with Gasteiger partial charge in [-0.2, -0.15) is 0 Å². The zero-order valence-corrected chi connectivity index (χ0v) is 50.3. The smallest absolute Gasteiger partial charge is 0.145 e. The Balaban J connectivity index is 0.924. The largest absolute Gasteiger partial charge is 0.292 e. The third-order valence-electron chi connectivity index (χ3n) is 18.1. The van der Waals surface area contributed by atoms with Crippen molar-refractivity contribution in [2.24, 2.45) is 0 Å². The number of aromatic nitrogens is 4. The van der Waals surface area contributed by atoms with Crippen LogP contribution in [0.2, 0.25) is 0 Å². The molecule has 17 rings (SSSR count). The topological polar surface area (TPSA) is 35.6 Å². The van der Waals surface area contributed by atoms with Crippen molar-refractivity contribution in [3.05, 3.63) is 352 Å². The fourth-order valence-corrected chi connectivity index (χ4v) is 13.7. The average molecular weight is 1170 g/mol. The second-order valence-electron chi connectivity index (χ2n) is 23.7. The Kier molecular flexibility index (Phi) is 13.5. The molecule has 0 saturated carbocycles. The van der Waals surface area contributed by atoms with Gasteiger partial charge in [-0.05, 0) is 208 Å². The Morgan fingerprint density at radius 3 is 0.761 bits per heavy atom. The van der Waals surface area contributed by atoms with Gasteiger partial charge in [0.1, 0.15) is 11.6 Å². The van der Waals surface area contributed by atoms with Crippen LogP contribution in [-0.2, 0) is 0 Å². The third kappa shape index (κ3) is 9.84. The summed E-state index contributed by atoms with van der Waals surface area (Å²) < 4.78 is 4.57. The molecule has 2 heterocycles. The van der Waals surface area contributed by atoms with E-state index in [2.05, 4.69) is 361 Å². The molecule has 0 amide bonds. The van der Waals surface area contributed by atoms with Crippen molar-refractivity contribution in [3.8, 4) is 123 Å². The lowest BCUT2D eigenvalue weighted by Crippen LogP contribution is -1.98. The number of rotatable bonds is 12. The van der Waals surface area contributed by atoms with Crippen LogP contribution >= 0.6 is 0 Å². The quantitative estimate of drug-likeness (QED) is 0.114. The summed E-state index contributed by atoms with van der Waals surface area (Å²) in [5, 5.41) is 4.65. The second kappa shape index (κ2) is 23.0. The minimum Gasteiger partial charge on any atom is -0.292 e. The fraction of sp³-hybridized carbons (Fsp3) is 0. The third-order valence-corrected chi connectivity index (χ3v) is 18.1. The van der Waals surface area contributed by atoms with E-state index in [1.54, 1.807) is 0 Å². The van der Waals surface area contributed by atoms with Crippen molar-refractivity contribution < 1.29 is 0 Å². The first-order valence-electron chi connectivity index (χ1n) is 31.4. The number of imidazole rings is 2. The molecule has 0 N–H and O–H groups in total. The van der Waals surface area contributed by atoms with Gasteiger partial charge in [-0.1, -0.05) is 255 Å². The maximum Gasteiger partial charge on any atom is 0.145 e. The Morgan fingerprint density at radius 2 is 0.435 bits per heavy atom. The van der Waals surface area contributed by atoms with Gasteiger partial charge in [0.25, 0.3) is 0 Å². The Morgan fingerprint density at radius 1 is 0.174 bits per heavy atom. The number of hydrogen-bond acceptors (Lipinski definition) is 2. The van der Waals surface area contributed by atoms with Gasteiger partial charge < -0.3 is 0 Å². The molecule has 430 valence electrons. The Labute approximate surface area is 534 Å². The van der Waals surface area contributed by atoms with Crippen molar-refractivity contribution in [2.45, 2.75) is 0 Å². The van der Waals surface area contributed by atoms with Crippen LogP contribution in [-0.4, -0.2) is 19.1 Å². The lowest BCUT2D eigenvalue weighted by molar-refractivity contribution is 1.10. The first-order chi connectivity index (χ1) is 45.6. The Bertz CT molecular complexity index is 5100. The molecule has 0 aliphatic rings. The van der Waals surface area contributed by atoms with Gasteiger partial charge in [-0.15, -0.1) is 0 Å². The number of nitrogens with zero attached hydrogens (tertiary/aromatic N) is 4. The molecule has 15 aromatic carbocycles. The summed E-state index contributed by atoms with van der Waals surface area (Å²) in [7, 11) is 0. The first kappa shape index (κ1) is 54.0. The summed E-state index contributed by atoms with van der Waals surface area (Å²) in [6.07, 6.45) is 0. The number of hydrogen-bond donors (Lipinski definition) is 0. The SMILES string of the molecule is c1ccc(-c2cc(-c3ccccc3)cc(-c3c4ccc(-c5ccc(-n6c(-c7ccccc7)nc7ccccc76)cc5)cc4c(-c4cc(-c5ccccc5)cc(-c5ccccc5)c4)c4ccc(-c5ccc(-n6c(-c7ccccc7)nc7ccccc76)cc5)cc34)c2)cc1. The van der Waals surface area contributed by atoms with Crippen LogP contribution in [0, 0.1) is 0 Å². The minimum absolute atomic E-state index is 0.912. The Hall–Kier alpha value is -12.2. The zero-order chi connectivity index (χ0) is 60.9. The molecule has 17 aromatic rings. The van der Waals surface area contributed by atoms with Crippen LogP contribution in [0.1, 0.15) is 0 Å². The van der Waals surface area contributed by atoms with E-state index >= 15 is 0 Å². The lowest BCUT2D eigenvalue weighted by atomic mass is 9.82. The second-order valence-corrected chi connectivity index (χ2v) is 23.7. The van der Waals surface area contributed by atoms with E-state index in [0.717, 1.165) is 156 Å². The summed E-state index contributed by atoms with van der Waals surface area (Å²) >= 11 is 0. The van der Waals surface area contributed by atoms with Crippen molar-refractivity contribution in [3.63, 3.8) is 0 Å². The standard InChI is InChI=1S/C88H58N4/c1-7-23-59(24-8-1)69-51-70(60-25-9-2-10-26-60)54-73(53-69)85-77-49-43-68(64-41-47-76(48-42-64)92-84-38-22-20-36-82(84)90-88(92)66-33-17-6-18-34-66)58-80(77)86(74-55-71(61-27-11-3-12-28-61)52-72(56-74)62-29-13-4-14-30-62)78-50-44-67(57-79(78)85)63-39-45-75(46-40-63)91-83-37-21-19-35-81(83)89-87(91)65-31-15-5-16-32-65/h1-58H. The van der Waals surface area contributed by atoms with Crippen LogP contribution in [0.3, 0.4) is 0 Å². The van der Waals surface area contributed by atoms with Gasteiger partial charge in [0, 0.05) is 22.5 Å². The molecule has 0 atom stereocenters. The van der Waals surface area contributed by atoms with E-state index in [1.807, 2.05) is 0 Å². The summed E-state index contributed by atoms with van der Waals surface area (Å²) in [6.45, 7) is 0. The zero-order valence-electron chi connectivity index (χ0n) is 50.3. The fourth-order valence-electron chi connectivity index (χ4n) is 13.7. The van der Waals surface area contributed by atoms with Gasteiger partial charge in [0.2, 0.25) is 0 Å². The molecule has 0 unspecified atom stereocenters. The van der Waals surface area contributed by atoms with Crippen LogP contribution in [0.25, 0.3) is 167 Å². The van der Waals surface area contributed by atoms with E-state index in [0.29, 0.717) is 0 Å². The van der Waals surface area contributed by atoms with Gasteiger partial charge >= 0.3 is 0 Å². The highest BCUT2D eigenvalue weighted by Gasteiger charge is 2.23. The molecule has 92 heavy (non-hydrogen) atoms. The summed E-state index contributed by atoms with van der Waals surface area (Å²) in [5.41, 5.74) is 26.7. The van der Waals surface area contributed by atoms with Crippen LogP contribution < -0.4 is 0 Å². The number of fused-ring (bicyclic) bond motifs is 4. The molecule has 0 spiro atoms. The monoisotopic (exact) mass is 1170 g/mol. The highest BCUT2D eigenvalue weighted by atomic mass is 15.1. The highest BCUT2D eigenvalue weighted by Crippen LogP contribution is 2.49. The molecule has 4 nitrogen and oxygen atoms in total. The summed E-state index contributed by atoms with van der Waals surface area (Å²) in [4.78, 5) is 10.4. The van der Waals surface area contributed by atoms with Crippen LogP contribution in [0.15, 0.2) is 352 Å². The molecule has 0 aliphatic heterocycles. The maximum absolute atomic E-state index is 5.18. The lowest BCUT2D eigenvalue weighted by Gasteiger charge is -2.22. The van der Waals surface area contributed by atoms with Crippen LogP contribution in [0.5, 0.6) is 0 Å². The summed E-state index contributed by atoms with van der Waals surface area (Å²) in [6, 6.07) is 128. The molecular formula is C88H58N4. The molecule has 0 aliphatic carbocycles. The molecular weight excluding hydrogens is 1110 g/mol. The van der Waals surface area contributed by atoms with E-state index < -0.39 is 0 Å². The predicted molar refractivity (Wildman–Crippen MR) is 385 cm³/mol. The predicted octanol–water partition coefficient (Wildman–Crippen LogP) is 23.3. The molecule has 0 radical (unpaired) electrons. The molecule has 0 fully saturated rings. The van der Waals surface area contributed by atoms with Crippen molar-refractivity contribution >= 4 is 43.6 Å². The molecule has 0 saturated heterocycles. The maximum atomic E-state index is 5.18. The van der Waals surface area contributed by atoms with Gasteiger partial charge in [-0.3, -0.25) is 9.13 Å². The van der Waals surface area contributed by atoms with Crippen molar-refractivity contribution in [1.82, 2.24) is 19.1 Å². The van der Waals surface area contributed by atoms with Crippen molar-refractivity contribution in [2.75, 3.05) is 0 Å². The molecule has 2 aromatic heterocycles. The molecule has 4 heteroatoms. The highest BCUT2D eigenvalue weighted by molar-refractivity contribution is 6.23. The number of benzene rings is 15. The molecule has 0 bridgehead atoms. The summed E-state index contributed by atoms with van der Waals surface area (Å²) in [5.74, 6) is 1.82. The first-order valence-corrected chi connectivity index (χ1v) is 31.4. The minimum atomic E-state index is 0.912. The average Bonchev–Trinajstić information content (AvgIpc) is 1.14. The van der Waals surface area contributed by atoms with E-state index in [4.69, 9.17) is 9.97 Å². The normalized spacial score (nSPS) is 11.5. The van der Waals surface area contributed by atoms with Gasteiger partial charge in [0.15, 0.2) is 0 Å². The van der Waals surface area contributed by atoms with Crippen molar-refractivity contribution in [1.29, 1.82) is 0 Å². The number of para-hydroxylation sites is 4. The van der Waals surface area contributed by atoms with E-state index in [9.17, 15) is 0 Å². The van der Waals surface area contributed by atoms with Crippen LogP contribution in [0.4, 0.5) is 0 Å². The van der Waals surface area contributed by atoms with Gasteiger partial charge in [-0.25, -0.2) is 9.97 Å². The van der Waals surface area contributed by atoms with E-state index in [-0.39, 0.29) is 0 Å².